The molecule has 150 valence electrons. The predicted octanol–water partition coefficient (Wildman–Crippen LogP) is 4.11. The van der Waals surface area contributed by atoms with Crippen molar-refractivity contribution in [3.05, 3.63) is 82.9 Å². The van der Waals surface area contributed by atoms with Gasteiger partial charge < -0.3 is 14.2 Å². The summed E-state index contributed by atoms with van der Waals surface area (Å²) in [4.78, 5) is 20.7. The number of hydrogen-bond donors (Lipinski definition) is 0. The first-order valence-electron chi connectivity index (χ1n) is 10.6. The van der Waals surface area contributed by atoms with Crippen LogP contribution < -0.4 is 10.5 Å². The minimum atomic E-state index is 0.0999. The molecule has 1 saturated carbocycles. The van der Waals surface area contributed by atoms with E-state index in [1.807, 2.05) is 41.1 Å². The second-order valence-electron chi connectivity index (χ2n) is 8.21. The van der Waals surface area contributed by atoms with E-state index in [1.165, 1.54) is 0 Å². The van der Waals surface area contributed by atoms with Crippen LogP contribution in [0.1, 0.15) is 24.1 Å². The molecule has 2 fully saturated rings. The number of pyridine rings is 2. The molecule has 2 atom stereocenters. The third-order valence-electron chi connectivity index (χ3n) is 6.40. The maximum atomic E-state index is 13.5. The van der Waals surface area contributed by atoms with E-state index in [0.717, 1.165) is 52.6 Å². The van der Waals surface area contributed by atoms with Crippen LogP contribution in [0.3, 0.4) is 0 Å². The number of nitrogens with zero attached hydrogens (tertiary/aromatic N) is 3. The van der Waals surface area contributed by atoms with Crippen LogP contribution in [-0.4, -0.2) is 35.9 Å². The lowest BCUT2D eigenvalue weighted by molar-refractivity contribution is 0.123. The van der Waals surface area contributed by atoms with Gasteiger partial charge in [0.05, 0.1) is 29.8 Å². The van der Waals surface area contributed by atoms with E-state index in [1.54, 1.807) is 0 Å². The van der Waals surface area contributed by atoms with Gasteiger partial charge in [-0.1, -0.05) is 36.4 Å². The molecule has 1 aliphatic carbocycles. The van der Waals surface area contributed by atoms with Crippen molar-refractivity contribution in [3.63, 3.8) is 0 Å². The third kappa shape index (κ3) is 2.89. The average Bonchev–Trinajstić information content (AvgIpc) is 3.60. The molecule has 0 amide bonds. The van der Waals surface area contributed by atoms with Gasteiger partial charge >= 0.3 is 0 Å². The monoisotopic (exact) mass is 397 g/mol. The lowest BCUT2D eigenvalue weighted by Gasteiger charge is -2.29. The zero-order chi connectivity index (χ0) is 20.1. The Hall–Kier alpha value is -3.18. The molecule has 2 aromatic carbocycles. The number of para-hydroxylation sites is 1. The highest BCUT2D eigenvalue weighted by Gasteiger charge is 2.41. The molecule has 5 heteroatoms. The van der Waals surface area contributed by atoms with Crippen molar-refractivity contribution < 1.29 is 4.74 Å². The minimum absolute atomic E-state index is 0.0999. The maximum absolute atomic E-state index is 13.5. The van der Waals surface area contributed by atoms with Gasteiger partial charge in [0.25, 0.3) is 5.56 Å². The summed E-state index contributed by atoms with van der Waals surface area (Å²) >= 11 is 0. The molecular weight excluding hydrogens is 374 g/mol. The summed E-state index contributed by atoms with van der Waals surface area (Å²) in [5.74, 6) is 0.292. The summed E-state index contributed by atoms with van der Waals surface area (Å²) in [5, 5.41) is 2.97. The molecule has 30 heavy (non-hydrogen) atoms. The second-order valence-corrected chi connectivity index (χ2v) is 8.21. The lowest BCUT2D eigenvalue weighted by Crippen LogP contribution is -2.37. The first kappa shape index (κ1) is 17.7. The fourth-order valence-corrected chi connectivity index (χ4v) is 4.71. The molecule has 0 unspecified atom stereocenters. The zero-order valence-electron chi connectivity index (χ0n) is 16.7. The zero-order valence-corrected chi connectivity index (χ0v) is 16.7. The fourth-order valence-electron chi connectivity index (χ4n) is 4.71. The molecule has 4 aromatic rings. The van der Waals surface area contributed by atoms with E-state index >= 15 is 0 Å². The molecule has 1 aliphatic heterocycles. The molecule has 2 aliphatic rings. The van der Waals surface area contributed by atoms with Gasteiger partial charge in [-0.05, 0) is 36.1 Å². The van der Waals surface area contributed by atoms with Crippen molar-refractivity contribution in [1.82, 2.24) is 9.55 Å². The number of rotatable bonds is 3. The van der Waals surface area contributed by atoms with Gasteiger partial charge in [0, 0.05) is 42.3 Å². The number of hydrogen-bond acceptors (Lipinski definition) is 4. The third-order valence-corrected chi connectivity index (χ3v) is 6.40. The van der Waals surface area contributed by atoms with Crippen LogP contribution >= 0.6 is 0 Å². The van der Waals surface area contributed by atoms with Gasteiger partial charge in [-0.2, -0.15) is 0 Å². The summed E-state index contributed by atoms with van der Waals surface area (Å²) in [6, 6.07) is 20.8. The molecular formula is C25H23N3O2. The van der Waals surface area contributed by atoms with E-state index in [0.29, 0.717) is 19.1 Å². The summed E-state index contributed by atoms with van der Waals surface area (Å²) in [6.07, 6.45) is 2.91. The van der Waals surface area contributed by atoms with Crippen molar-refractivity contribution in [2.45, 2.75) is 18.4 Å². The number of morpholine rings is 1. The highest BCUT2D eigenvalue weighted by atomic mass is 16.5. The first-order valence-corrected chi connectivity index (χ1v) is 10.6. The molecule has 5 nitrogen and oxygen atoms in total. The van der Waals surface area contributed by atoms with Crippen molar-refractivity contribution >= 4 is 27.4 Å². The molecule has 3 heterocycles. The predicted molar refractivity (Wildman–Crippen MR) is 119 cm³/mol. The van der Waals surface area contributed by atoms with Crippen LogP contribution in [0, 0.1) is 0 Å². The van der Waals surface area contributed by atoms with Crippen LogP contribution in [0.2, 0.25) is 0 Å². The van der Waals surface area contributed by atoms with Crippen LogP contribution in [0.4, 0.5) is 5.69 Å². The topological polar surface area (TPSA) is 47.4 Å². The van der Waals surface area contributed by atoms with Gasteiger partial charge in [-0.15, -0.1) is 0 Å². The second kappa shape index (κ2) is 6.96. The highest BCUT2D eigenvalue weighted by molar-refractivity contribution is 5.93. The summed E-state index contributed by atoms with van der Waals surface area (Å²) in [5.41, 5.74) is 3.22. The van der Waals surface area contributed by atoms with Crippen LogP contribution in [0.25, 0.3) is 21.7 Å². The van der Waals surface area contributed by atoms with Gasteiger partial charge in [-0.25, -0.2) is 0 Å². The minimum Gasteiger partial charge on any atom is -0.378 e. The van der Waals surface area contributed by atoms with Crippen molar-refractivity contribution in [1.29, 1.82) is 0 Å². The number of aromatic nitrogens is 2. The number of ether oxygens (including phenoxy) is 1. The van der Waals surface area contributed by atoms with E-state index in [-0.39, 0.29) is 11.6 Å². The quantitative estimate of drug-likeness (QED) is 0.522. The fraction of sp³-hybridized carbons (Fsp3) is 0.280. The molecule has 0 bridgehead atoms. The molecule has 6 rings (SSSR count). The van der Waals surface area contributed by atoms with Crippen LogP contribution in [0.15, 0.2) is 71.7 Å². The van der Waals surface area contributed by atoms with E-state index in [4.69, 9.17) is 9.72 Å². The summed E-state index contributed by atoms with van der Waals surface area (Å²) in [7, 11) is 0. The smallest absolute Gasteiger partial charge is 0.260 e. The number of anilines is 1. The summed E-state index contributed by atoms with van der Waals surface area (Å²) in [6.45, 7) is 3.05. The van der Waals surface area contributed by atoms with E-state index in [9.17, 15) is 4.79 Å². The van der Waals surface area contributed by atoms with Gasteiger partial charge in [0.15, 0.2) is 0 Å². The van der Waals surface area contributed by atoms with Crippen molar-refractivity contribution in [2.24, 2.45) is 0 Å². The number of fused-ring (bicyclic) bond motifs is 2. The molecule has 2 aromatic heterocycles. The van der Waals surface area contributed by atoms with Gasteiger partial charge in [0.2, 0.25) is 0 Å². The van der Waals surface area contributed by atoms with Crippen molar-refractivity contribution in [2.75, 3.05) is 31.2 Å². The number of benzene rings is 2. The Bertz CT molecular complexity index is 1310. The Morgan fingerprint density at radius 2 is 1.73 bits per heavy atom. The molecule has 1 saturated heterocycles. The summed E-state index contributed by atoms with van der Waals surface area (Å²) < 4.78 is 7.42. The van der Waals surface area contributed by atoms with E-state index in [2.05, 4.69) is 35.2 Å². The van der Waals surface area contributed by atoms with Gasteiger partial charge in [-0.3, -0.25) is 9.78 Å². The normalized spacial score (nSPS) is 21.3. The Morgan fingerprint density at radius 3 is 2.63 bits per heavy atom. The van der Waals surface area contributed by atoms with Crippen LogP contribution in [0.5, 0.6) is 0 Å². The van der Waals surface area contributed by atoms with E-state index < -0.39 is 0 Å². The Labute approximate surface area is 174 Å². The Morgan fingerprint density at radius 1 is 0.900 bits per heavy atom. The highest BCUT2D eigenvalue weighted by Crippen LogP contribution is 2.50. The van der Waals surface area contributed by atoms with Crippen LogP contribution in [-0.2, 0) is 4.74 Å². The Kier molecular flexibility index (Phi) is 4.09. The first-order chi connectivity index (χ1) is 14.8. The standard InChI is InChI=1S/C25H23N3O2/c29-25-24-18(5-3-7-22(24)27-12-14-30-15-13-27)10-11-28(25)23-16-19(23)21-9-8-17-4-1-2-6-20(17)26-21/h1-11,19,23H,12-16H2/t19-,23+/m0/s1. The lowest BCUT2D eigenvalue weighted by atomic mass is 10.1. The largest absolute Gasteiger partial charge is 0.378 e. The average molecular weight is 397 g/mol. The van der Waals surface area contributed by atoms with Gasteiger partial charge in [0.1, 0.15) is 0 Å². The maximum Gasteiger partial charge on any atom is 0.260 e. The molecule has 0 N–H and O–H groups in total. The Balaban J connectivity index is 1.38. The molecule has 0 spiro atoms. The molecule has 0 radical (unpaired) electrons. The SMILES string of the molecule is O=c1c2c(N3CCOCC3)cccc2ccn1[C@@H]1C[C@H]1c1ccc2ccccc2n1. The van der Waals surface area contributed by atoms with Crippen molar-refractivity contribution in [3.8, 4) is 0 Å².